The predicted octanol–water partition coefficient (Wildman–Crippen LogP) is 11.2. The summed E-state index contributed by atoms with van der Waals surface area (Å²) in [6.45, 7) is 0. The van der Waals surface area contributed by atoms with Gasteiger partial charge < -0.3 is 9.13 Å². The Kier molecular flexibility index (Phi) is 5.54. The molecule has 206 valence electrons. The van der Waals surface area contributed by atoms with E-state index in [1.165, 1.54) is 77.2 Å². The topological polar surface area (TPSA) is 9.86 Å². The van der Waals surface area contributed by atoms with E-state index >= 15 is 0 Å². The molecule has 0 N–H and O–H groups in total. The van der Waals surface area contributed by atoms with Crippen LogP contribution < -0.4 is 0 Å². The summed E-state index contributed by atoms with van der Waals surface area (Å²) >= 11 is 0. The van der Waals surface area contributed by atoms with Crippen LogP contribution in [0.1, 0.15) is 0 Å². The lowest BCUT2D eigenvalue weighted by molar-refractivity contribution is 1.18. The van der Waals surface area contributed by atoms with Crippen LogP contribution in [0.2, 0.25) is 0 Å². The molecule has 0 bridgehead atoms. The van der Waals surface area contributed by atoms with E-state index in [0.29, 0.717) is 0 Å². The second kappa shape index (κ2) is 9.86. The lowest BCUT2D eigenvalue weighted by Crippen LogP contribution is -1.94. The minimum absolute atomic E-state index is 1.17. The van der Waals surface area contributed by atoms with E-state index in [1.807, 2.05) is 0 Å². The van der Waals surface area contributed by atoms with Crippen LogP contribution in [0.5, 0.6) is 0 Å². The number of benzene rings is 7. The van der Waals surface area contributed by atoms with Gasteiger partial charge in [-0.1, -0.05) is 115 Å². The van der Waals surface area contributed by atoms with Gasteiger partial charge >= 0.3 is 0 Å². The number of nitrogens with zero attached hydrogens (tertiary/aromatic N) is 2. The van der Waals surface area contributed by atoms with E-state index in [1.54, 1.807) is 0 Å². The van der Waals surface area contributed by atoms with Gasteiger partial charge in [-0.25, -0.2) is 0 Å². The fraction of sp³-hybridized carbons (Fsp3) is 0. The molecule has 0 spiro atoms. The fourth-order valence-electron chi connectivity index (χ4n) is 6.99. The number of aromatic nitrogens is 2. The molecular weight excluding hydrogens is 532 g/mol. The molecule has 2 heteroatoms. The zero-order valence-electron chi connectivity index (χ0n) is 24.1. The van der Waals surface area contributed by atoms with Gasteiger partial charge in [-0.2, -0.15) is 0 Å². The predicted molar refractivity (Wildman–Crippen MR) is 186 cm³/mol. The van der Waals surface area contributed by atoms with E-state index in [2.05, 4.69) is 179 Å². The summed E-state index contributed by atoms with van der Waals surface area (Å²) in [5.74, 6) is 0. The van der Waals surface area contributed by atoms with Crippen molar-refractivity contribution in [3.63, 3.8) is 0 Å². The van der Waals surface area contributed by atoms with Crippen molar-refractivity contribution in [2.24, 2.45) is 0 Å². The van der Waals surface area contributed by atoms with Crippen molar-refractivity contribution >= 4 is 43.6 Å². The average Bonchev–Trinajstić information content (AvgIpc) is 3.62. The van der Waals surface area contributed by atoms with Crippen molar-refractivity contribution < 1.29 is 0 Å². The van der Waals surface area contributed by atoms with Crippen molar-refractivity contribution in [1.29, 1.82) is 0 Å². The van der Waals surface area contributed by atoms with Gasteiger partial charge in [-0.15, -0.1) is 0 Å². The third-order valence-electron chi connectivity index (χ3n) is 8.91. The zero-order valence-corrected chi connectivity index (χ0v) is 24.1. The Morgan fingerprint density at radius 1 is 0.295 bits per heavy atom. The molecule has 0 aliphatic rings. The highest BCUT2D eigenvalue weighted by atomic mass is 15.0. The monoisotopic (exact) mass is 560 g/mol. The Hall–Kier alpha value is -5.86. The van der Waals surface area contributed by atoms with Gasteiger partial charge in [0.25, 0.3) is 0 Å². The molecule has 0 unspecified atom stereocenters. The first-order valence-electron chi connectivity index (χ1n) is 15.1. The summed E-state index contributed by atoms with van der Waals surface area (Å²) in [4.78, 5) is 0. The summed E-state index contributed by atoms with van der Waals surface area (Å²) in [6, 6.07) is 61.4. The first kappa shape index (κ1) is 24.7. The maximum absolute atomic E-state index is 2.41. The van der Waals surface area contributed by atoms with Crippen LogP contribution in [-0.4, -0.2) is 9.13 Å². The smallest absolute Gasteiger partial charge is 0.0547 e. The molecule has 2 heterocycles. The van der Waals surface area contributed by atoms with Gasteiger partial charge in [-0.05, 0) is 76.9 Å². The van der Waals surface area contributed by atoms with Crippen molar-refractivity contribution in [1.82, 2.24) is 9.13 Å². The molecule has 0 atom stereocenters. The first-order valence-corrected chi connectivity index (χ1v) is 15.1. The SMILES string of the molecule is c1ccc(-c2cccc(-n3c4ccccc4c4cc(-c5cccc6c5c5ccccc5n6-c5ccccc5)ccc43)c2)cc1. The van der Waals surface area contributed by atoms with Crippen molar-refractivity contribution in [2.75, 3.05) is 0 Å². The van der Waals surface area contributed by atoms with E-state index < -0.39 is 0 Å². The van der Waals surface area contributed by atoms with E-state index in [9.17, 15) is 0 Å². The van der Waals surface area contributed by atoms with Crippen molar-refractivity contribution in [3.05, 3.63) is 170 Å². The largest absolute Gasteiger partial charge is 0.309 e. The number of para-hydroxylation sites is 3. The highest BCUT2D eigenvalue weighted by Crippen LogP contribution is 2.41. The van der Waals surface area contributed by atoms with Gasteiger partial charge in [0.05, 0.1) is 22.1 Å². The van der Waals surface area contributed by atoms with E-state index in [4.69, 9.17) is 0 Å². The standard InChI is InChI=1S/C42H28N2/c1-3-13-29(14-4-1)30-15-11-18-33(27-30)44-38-22-9-7-19-35(38)37-28-31(25-26-40(37)44)34-21-12-24-41-42(34)36-20-8-10-23-39(36)43(41)32-16-5-2-6-17-32/h1-28H. The molecule has 9 rings (SSSR count). The van der Waals surface area contributed by atoms with Gasteiger partial charge in [0.2, 0.25) is 0 Å². The second-order valence-corrected chi connectivity index (χ2v) is 11.4. The summed E-state index contributed by atoms with van der Waals surface area (Å²) in [6.07, 6.45) is 0. The molecule has 2 aromatic heterocycles. The number of hydrogen-bond acceptors (Lipinski definition) is 0. The van der Waals surface area contributed by atoms with Crippen molar-refractivity contribution in [2.45, 2.75) is 0 Å². The minimum Gasteiger partial charge on any atom is -0.309 e. The normalized spacial score (nSPS) is 11.6. The Balaban J connectivity index is 1.29. The fourth-order valence-corrected chi connectivity index (χ4v) is 6.99. The van der Waals surface area contributed by atoms with Crippen LogP contribution in [0.4, 0.5) is 0 Å². The van der Waals surface area contributed by atoms with Gasteiger partial charge in [-0.3, -0.25) is 0 Å². The zero-order chi connectivity index (χ0) is 29.0. The molecule has 44 heavy (non-hydrogen) atoms. The molecule has 0 amide bonds. The maximum atomic E-state index is 2.41. The van der Waals surface area contributed by atoms with Crippen LogP contribution >= 0.6 is 0 Å². The number of fused-ring (bicyclic) bond motifs is 6. The molecule has 0 aliphatic heterocycles. The minimum atomic E-state index is 1.17. The van der Waals surface area contributed by atoms with Crippen LogP contribution in [0, 0.1) is 0 Å². The molecular formula is C42H28N2. The first-order chi connectivity index (χ1) is 21.8. The molecule has 7 aromatic carbocycles. The molecule has 2 nitrogen and oxygen atoms in total. The molecule has 0 saturated heterocycles. The molecule has 9 aromatic rings. The maximum Gasteiger partial charge on any atom is 0.0547 e. The Bertz CT molecular complexity index is 2480. The second-order valence-electron chi connectivity index (χ2n) is 11.4. The van der Waals surface area contributed by atoms with Gasteiger partial charge in [0, 0.05) is 32.9 Å². The Morgan fingerprint density at radius 2 is 0.864 bits per heavy atom. The molecule has 0 saturated carbocycles. The Labute approximate surface area is 255 Å². The third-order valence-corrected chi connectivity index (χ3v) is 8.91. The number of rotatable bonds is 4. The number of hydrogen-bond donors (Lipinski definition) is 0. The lowest BCUT2D eigenvalue weighted by atomic mass is 9.98. The van der Waals surface area contributed by atoms with Crippen LogP contribution in [0.15, 0.2) is 170 Å². The van der Waals surface area contributed by atoms with Crippen LogP contribution in [0.25, 0.3) is 77.2 Å². The molecule has 0 aliphatic carbocycles. The summed E-state index contributed by atoms with van der Waals surface area (Å²) in [5.41, 5.74) is 12.1. The van der Waals surface area contributed by atoms with E-state index in [0.717, 1.165) is 0 Å². The van der Waals surface area contributed by atoms with Crippen molar-refractivity contribution in [3.8, 4) is 33.6 Å². The highest BCUT2D eigenvalue weighted by Gasteiger charge is 2.18. The highest BCUT2D eigenvalue weighted by molar-refractivity contribution is 6.17. The third kappa shape index (κ3) is 3.75. The van der Waals surface area contributed by atoms with Gasteiger partial charge in [0.15, 0.2) is 0 Å². The summed E-state index contributed by atoms with van der Waals surface area (Å²) < 4.78 is 4.79. The van der Waals surface area contributed by atoms with Crippen LogP contribution in [0.3, 0.4) is 0 Å². The van der Waals surface area contributed by atoms with E-state index in [-0.39, 0.29) is 0 Å². The summed E-state index contributed by atoms with van der Waals surface area (Å²) in [7, 11) is 0. The average molecular weight is 561 g/mol. The summed E-state index contributed by atoms with van der Waals surface area (Å²) in [5, 5.41) is 5.06. The quantitative estimate of drug-likeness (QED) is 0.203. The Morgan fingerprint density at radius 3 is 1.68 bits per heavy atom. The van der Waals surface area contributed by atoms with Crippen LogP contribution in [-0.2, 0) is 0 Å². The molecule has 0 radical (unpaired) electrons. The molecule has 0 fully saturated rings. The van der Waals surface area contributed by atoms with Gasteiger partial charge in [0.1, 0.15) is 0 Å². The lowest BCUT2D eigenvalue weighted by Gasteiger charge is -2.11.